The van der Waals surface area contributed by atoms with Crippen LogP contribution in [-0.4, -0.2) is 41.7 Å². The molecule has 2 aliphatic carbocycles. The SMILES string of the molecule is CN(CC1(O)CCCC1)C(=O)CC1CCC(CN)CC1. The molecular weight excluding hydrogens is 252 g/mol. The van der Waals surface area contributed by atoms with E-state index in [0.717, 1.165) is 45.1 Å². The molecule has 2 aliphatic rings. The maximum absolute atomic E-state index is 12.3. The van der Waals surface area contributed by atoms with Gasteiger partial charge in [-0.05, 0) is 56.9 Å². The molecule has 2 fully saturated rings. The Labute approximate surface area is 122 Å². The smallest absolute Gasteiger partial charge is 0.222 e. The fourth-order valence-electron chi connectivity index (χ4n) is 3.79. The zero-order valence-electron chi connectivity index (χ0n) is 12.8. The minimum absolute atomic E-state index is 0.196. The zero-order valence-corrected chi connectivity index (χ0v) is 12.8. The van der Waals surface area contributed by atoms with Gasteiger partial charge in [0.1, 0.15) is 0 Å². The molecule has 0 heterocycles. The largest absolute Gasteiger partial charge is 0.388 e. The van der Waals surface area contributed by atoms with Crippen LogP contribution in [-0.2, 0) is 4.79 Å². The molecule has 2 saturated carbocycles. The summed E-state index contributed by atoms with van der Waals surface area (Å²) in [5, 5.41) is 10.4. The van der Waals surface area contributed by atoms with Crippen molar-refractivity contribution in [3.8, 4) is 0 Å². The number of aliphatic hydroxyl groups is 1. The van der Waals surface area contributed by atoms with Gasteiger partial charge in [0.25, 0.3) is 0 Å². The first kappa shape index (κ1) is 15.8. The average molecular weight is 282 g/mol. The fourth-order valence-corrected chi connectivity index (χ4v) is 3.79. The van der Waals surface area contributed by atoms with Crippen LogP contribution in [0.15, 0.2) is 0 Å². The highest BCUT2D eigenvalue weighted by atomic mass is 16.3. The van der Waals surface area contributed by atoms with Crippen LogP contribution in [0.3, 0.4) is 0 Å². The molecule has 20 heavy (non-hydrogen) atoms. The third kappa shape index (κ3) is 4.19. The molecule has 0 radical (unpaired) electrons. The minimum atomic E-state index is -0.623. The Kier molecular flexibility index (Phi) is 5.44. The second kappa shape index (κ2) is 6.90. The minimum Gasteiger partial charge on any atom is -0.388 e. The van der Waals surface area contributed by atoms with Crippen LogP contribution in [0.2, 0.25) is 0 Å². The van der Waals surface area contributed by atoms with Gasteiger partial charge in [-0.1, -0.05) is 12.8 Å². The van der Waals surface area contributed by atoms with Crippen molar-refractivity contribution < 1.29 is 9.90 Å². The van der Waals surface area contributed by atoms with Crippen LogP contribution >= 0.6 is 0 Å². The van der Waals surface area contributed by atoms with E-state index in [4.69, 9.17) is 5.73 Å². The first-order valence-electron chi connectivity index (χ1n) is 8.19. The number of carbonyl (C=O) groups is 1. The van der Waals surface area contributed by atoms with Crippen molar-refractivity contribution in [2.24, 2.45) is 17.6 Å². The van der Waals surface area contributed by atoms with Crippen LogP contribution in [0.4, 0.5) is 0 Å². The number of amides is 1. The molecule has 0 aromatic carbocycles. The third-order valence-corrected chi connectivity index (χ3v) is 5.25. The monoisotopic (exact) mass is 282 g/mol. The van der Waals surface area contributed by atoms with Gasteiger partial charge in [0.2, 0.25) is 5.91 Å². The number of rotatable bonds is 5. The van der Waals surface area contributed by atoms with Gasteiger partial charge in [0, 0.05) is 20.0 Å². The molecular formula is C16H30N2O2. The summed E-state index contributed by atoms with van der Waals surface area (Å²) in [5.74, 6) is 1.38. The van der Waals surface area contributed by atoms with E-state index >= 15 is 0 Å². The predicted octanol–water partition coefficient (Wildman–Crippen LogP) is 1.91. The highest BCUT2D eigenvalue weighted by Crippen LogP contribution is 2.32. The Balaban J connectivity index is 1.74. The molecule has 3 N–H and O–H groups in total. The number of likely N-dealkylation sites (N-methyl/N-ethyl adjacent to an activating group) is 1. The maximum atomic E-state index is 12.3. The van der Waals surface area contributed by atoms with E-state index in [1.54, 1.807) is 4.90 Å². The topological polar surface area (TPSA) is 66.6 Å². The Morgan fingerprint density at radius 2 is 1.75 bits per heavy atom. The van der Waals surface area contributed by atoms with Crippen molar-refractivity contribution in [1.82, 2.24) is 4.90 Å². The standard InChI is InChI=1S/C16H30N2O2/c1-18(12-16(20)8-2-3-9-16)15(19)10-13-4-6-14(11-17)7-5-13/h13-14,20H,2-12,17H2,1H3. The lowest BCUT2D eigenvalue weighted by molar-refractivity contribution is -0.134. The summed E-state index contributed by atoms with van der Waals surface area (Å²) >= 11 is 0. The highest BCUT2D eigenvalue weighted by molar-refractivity contribution is 5.76. The Morgan fingerprint density at radius 3 is 2.30 bits per heavy atom. The van der Waals surface area contributed by atoms with E-state index < -0.39 is 5.60 Å². The Morgan fingerprint density at radius 1 is 1.20 bits per heavy atom. The second-order valence-electron chi connectivity index (χ2n) is 7.01. The van der Waals surface area contributed by atoms with Crippen LogP contribution in [0.25, 0.3) is 0 Å². The van der Waals surface area contributed by atoms with Crippen LogP contribution in [0.1, 0.15) is 57.8 Å². The van der Waals surface area contributed by atoms with Crippen LogP contribution in [0.5, 0.6) is 0 Å². The van der Waals surface area contributed by atoms with Gasteiger partial charge in [-0.15, -0.1) is 0 Å². The van der Waals surface area contributed by atoms with Gasteiger partial charge in [-0.2, -0.15) is 0 Å². The van der Waals surface area contributed by atoms with Gasteiger partial charge in [0.15, 0.2) is 0 Å². The first-order valence-corrected chi connectivity index (χ1v) is 8.19. The van der Waals surface area contributed by atoms with Crippen molar-refractivity contribution in [2.75, 3.05) is 20.1 Å². The molecule has 1 amide bonds. The highest BCUT2D eigenvalue weighted by Gasteiger charge is 2.34. The van der Waals surface area contributed by atoms with Crippen LogP contribution in [0, 0.1) is 11.8 Å². The summed E-state index contributed by atoms with van der Waals surface area (Å²) in [4.78, 5) is 14.0. The third-order valence-electron chi connectivity index (χ3n) is 5.25. The molecule has 0 aromatic rings. The molecule has 0 atom stereocenters. The molecule has 4 heteroatoms. The van der Waals surface area contributed by atoms with Crippen molar-refractivity contribution in [3.63, 3.8) is 0 Å². The molecule has 0 aromatic heterocycles. The molecule has 0 unspecified atom stereocenters. The summed E-state index contributed by atoms with van der Waals surface area (Å²) in [6, 6.07) is 0. The molecule has 0 saturated heterocycles. The zero-order chi connectivity index (χ0) is 14.6. The molecule has 0 bridgehead atoms. The van der Waals surface area contributed by atoms with E-state index in [1.165, 1.54) is 12.8 Å². The maximum Gasteiger partial charge on any atom is 0.222 e. The van der Waals surface area contributed by atoms with E-state index in [0.29, 0.717) is 24.8 Å². The van der Waals surface area contributed by atoms with E-state index in [2.05, 4.69) is 0 Å². The van der Waals surface area contributed by atoms with Gasteiger partial charge in [-0.25, -0.2) is 0 Å². The normalized spacial score (nSPS) is 29.4. The van der Waals surface area contributed by atoms with E-state index in [9.17, 15) is 9.90 Å². The van der Waals surface area contributed by atoms with E-state index in [-0.39, 0.29) is 5.91 Å². The Hall–Kier alpha value is -0.610. The molecule has 4 nitrogen and oxygen atoms in total. The number of nitrogens with zero attached hydrogens (tertiary/aromatic N) is 1. The predicted molar refractivity (Wildman–Crippen MR) is 80.2 cm³/mol. The molecule has 0 spiro atoms. The fraction of sp³-hybridized carbons (Fsp3) is 0.938. The number of carbonyl (C=O) groups excluding carboxylic acids is 1. The average Bonchev–Trinajstić information content (AvgIpc) is 2.86. The lowest BCUT2D eigenvalue weighted by atomic mass is 9.80. The molecule has 2 rings (SSSR count). The number of hydrogen-bond acceptors (Lipinski definition) is 3. The lowest BCUT2D eigenvalue weighted by Crippen LogP contribution is -2.42. The lowest BCUT2D eigenvalue weighted by Gasteiger charge is -2.31. The van der Waals surface area contributed by atoms with E-state index in [1.807, 2.05) is 7.05 Å². The van der Waals surface area contributed by atoms with Crippen molar-refractivity contribution in [2.45, 2.75) is 63.4 Å². The molecule has 0 aliphatic heterocycles. The van der Waals surface area contributed by atoms with Crippen molar-refractivity contribution in [3.05, 3.63) is 0 Å². The van der Waals surface area contributed by atoms with Gasteiger partial charge in [-0.3, -0.25) is 4.79 Å². The van der Waals surface area contributed by atoms with Crippen molar-refractivity contribution in [1.29, 1.82) is 0 Å². The van der Waals surface area contributed by atoms with Gasteiger partial charge < -0.3 is 15.7 Å². The van der Waals surface area contributed by atoms with Crippen LogP contribution < -0.4 is 5.73 Å². The van der Waals surface area contributed by atoms with Crippen molar-refractivity contribution >= 4 is 5.91 Å². The second-order valence-corrected chi connectivity index (χ2v) is 7.01. The molecule has 116 valence electrons. The number of nitrogens with two attached hydrogens (primary N) is 1. The Bertz CT molecular complexity index is 318. The summed E-state index contributed by atoms with van der Waals surface area (Å²) in [6.45, 7) is 1.29. The quantitative estimate of drug-likeness (QED) is 0.809. The number of hydrogen-bond donors (Lipinski definition) is 2. The summed E-state index contributed by atoms with van der Waals surface area (Å²) in [7, 11) is 1.84. The van der Waals surface area contributed by atoms with Gasteiger partial charge in [0.05, 0.1) is 5.60 Å². The summed E-state index contributed by atoms with van der Waals surface area (Å²) < 4.78 is 0. The van der Waals surface area contributed by atoms with Gasteiger partial charge >= 0.3 is 0 Å². The summed E-state index contributed by atoms with van der Waals surface area (Å²) in [5.41, 5.74) is 5.08. The first-order chi connectivity index (χ1) is 9.52. The summed E-state index contributed by atoms with van der Waals surface area (Å²) in [6.07, 6.45) is 9.09.